The van der Waals surface area contributed by atoms with E-state index < -0.39 is 22.2 Å². The van der Waals surface area contributed by atoms with Gasteiger partial charge >= 0.3 is 6.09 Å². The summed E-state index contributed by atoms with van der Waals surface area (Å²) in [5.41, 5.74) is 2.29. The Morgan fingerprint density at radius 1 is 1.35 bits per heavy atom. The molecule has 0 unspecified atom stereocenters. The molecule has 11 heteroatoms. The lowest BCUT2D eigenvalue weighted by atomic mass is 10.0. The Morgan fingerprint density at radius 2 is 2.12 bits per heavy atom. The van der Waals surface area contributed by atoms with Crippen molar-refractivity contribution in [3.63, 3.8) is 0 Å². The van der Waals surface area contributed by atoms with Gasteiger partial charge in [-0.15, -0.1) is 11.3 Å². The van der Waals surface area contributed by atoms with Gasteiger partial charge in [-0.25, -0.2) is 22.9 Å². The van der Waals surface area contributed by atoms with E-state index in [4.69, 9.17) is 21.1 Å². The summed E-state index contributed by atoms with van der Waals surface area (Å²) in [6, 6.07) is 9.47. The van der Waals surface area contributed by atoms with Gasteiger partial charge in [-0.05, 0) is 41.1 Å². The smallest absolute Gasteiger partial charge is 0.421 e. The Bertz CT molecular complexity index is 1250. The SMILES string of the molecule is CC(C)Cc1cc(-c2ccc(Cn3ccnc3Cl)cc2)c(S(=O)(=O)NC(=O)O[C@H]2CCOC2)s1. The van der Waals surface area contributed by atoms with Gasteiger partial charge in [0, 0.05) is 35.8 Å². The van der Waals surface area contributed by atoms with Crippen LogP contribution in [0, 0.1) is 5.92 Å². The van der Waals surface area contributed by atoms with E-state index in [0.29, 0.717) is 36.3 Å². The van der Waals surface area contributed by atoms with Crippen LogP contribution in [0.1, 0.15) is 30.7 Å². The number of nitrogens with zero attached hydrogens (tertiary/aromatic N) is 2. The second kappa shape index (κ2) is 10.5. The van der Waals surface area contributed by atoms with Crippen LogP contribution in [0.2, 0.25) is 5.28 Å². The Kier molecular flexibility index (Phi) is 7.61. The number of imidazole rings is 1. The molecule has 1 aromatic carbocycles. The van der Waals surface area contributed by atoms with Crippen LogP contribution < -0.4 is 4.72 Å². The number of nitrogens with one attached hydrogen (secondary N) is 1. The van der Waals surface area contributed by atoms with E-state index in [1.165, 1.54) is 11.3 Å². The van der Waals surface area contributed by atoms with Crippen LogP contribution >= 0.6 is 22.9 Å². The van der Waals surface area contributed by atoms with Crippen molar-refractivity contribution in [3.8, 4) is 11.1 Å². The molecule has 8 nitrogen and oxygen atoms in total. The van der Waals surface area contributed by atoms with E-state index in [-0.39, 0.29) is 10.8 Å². The predicted octanol–water partition coefficient (Wildman–Crippen LogP) is 4.72. The Balaban J connectivity index is 1.59. The van der Waals surface area contributed by atoms with Crippen molar-refractivity contribution in [2.75, 3.05) is 13.2 Å². The standard InChI is InChI=1S/C23H26ClN3O5S2/c1-15(2)11-19-12-20(17-5-3-16(4-6-17)13-27-9-8-25-22(27)24)21(33-19)34(29,30)26-23(28)32-18-7-10-31-14-18/h3-6,8-9,12,15,18H,7,10-11,13-14H2,1-2H3,(H,26,28)/t18-/m0/s1. The average Bonchev–Trinajstić information content (AvgIpc) is 3.51. The van der Waals surface area contributed by atoms with Gasteiger partial charge in [-0.1, -0.05) is 38.1 Å². The van der Waals surface area contributed by atoms with E-state index in [1.54, 1.807) is 12.4 Å². The molecule has 1 fully saturated rings. The van der Waals surface area contributed by atoms with Crippen molar-refractivity contribution < 1.29 is 22.7 Å². The fourth-order valence-corrected chi connectivity index (χ4v) is 6.68. The van der Waals surface area contributed by atoms with E-state index in [1.807, 2.05) is 34.9 Å². The van der Waals surface area contributed by atoms with Gasteiger partial charge in [0.05, 0.1) is 13.2 Å². The molecule has 4 rings (SSSR count). The van der Waals surface area contributed by atoms with Gasteiger partial charge in [-0.2, -0.15) is 0 Å². The molecule has 0 bridgehead atoms. The van der Waals surface area contributed by atoms with E-state index in [2.05, 4.69) is 23.6 Å². The molecule has 34 heavy (non-hydrogen) atoms. The molecule has 1 atom stereocenters. The van der Waals surface area contributed by atoms with Gasteiger partial charge in [0.1, 0.15) is 10.3 Å². The number of hydrogen-bond acceptors (Lipinski definition) is 7. The van der Waals surface area contributed by atoms with Crippen molar-refractivity contribution in [1.29, 1.82) is 0 Å². The van der Waals surface area contributed by atoms with Crippen LogP contribution in [0.5, 0.6) is 0 Å². The normalized spacial score (nSPS) is 16.2. The predicted molar refractivity (Wildman–Crippen MR) is 131 cm³/mol. The second-order valence-corrected chi connectivity index (χ2v) is 11.9. The molecule has 0 saturated carbocycles. The fraction of sp³-hybridized carbons (Fsp3) is 0.391. The highest BCUT2D eigenvalue weighted by molar-refractivity contribution is 7.92. The van der Waals surface area contributed by atoms with Crippen molar-refractivity contribution in [3.05, 3.63) is 58.4 Å². The number of rotatable bonds is 8. The molecule has 3 aromatic rings. The number of halogens is 1. The zero-order valence-electron chi connectivity index (χ0n) is 18.9. The Hall–Kier alpha value is -2.40. The maximum absolute atomic E-state index is 13.2. The minimum atomic E-state index is -4.13. The van der Waals surface area contributed by atoms with Gasteiger partial charge < -0.3 is 14.0 Å². The molecule has 3 heterocycles. The first-order chi connectivity index (χ1) is 16.2. The average molecular weight is 524 g/mol. The number of sulfonamides is 1. The maximum atomic E-state index is 13.2. The molecular formula is C23H26ClN3O5S2. The molecule has 1 saturated heterocycles. The monoisotopic (exact) mass is 523 g/mol. The molecule has 1 N–H and O–H groups in total. The van der Waals surface area contributed by atoms with Gasteiger partial charge in [0.15, 0.2) is 0 Å². The molecular weight excluding hydrogens is 498 g/mol. The molecule has 0 radical (unpaired) electrons. The molecule has 1 amide bonds. The van der Waals surface area contributed by atoms with Crippen molar-refractivity contribution in [2.24, 2.45) is 5.92 Å². The Morgan fingerprint density at radius 3 is 2.74 bits per heavy atom. The number of aromatic nitrogens is 2. The number of ether oxygens (including phenoxy) is 2. The highest BCUT2D eigenvalue weighted by atomic mass is 35.5. The largest absolute Gasteiger partial charge is 0.443 e. The summed E-state index contributed by atoms with van der Waals surface area (Å²) in [6.07, 6.45) is 3.27. The van der Waals surface area contributed by atoms with Crippen LogP contribution in [0.4, 0.5) is 4.79 Å². The van der Waals surface area contributed by atoms with Crippen molar-refractivity contribution in [1.82, 2.24) is 14.3 Å². The number of hydrogen-bond donors (Lipinski definition) is 1. The molecule has 182 valence electrons. The summed E-state index contributed by atoms with van der Waals surface area (Å²) >= 11 is 7.23. The van der Waals surface area contributed by atoms with Gasteiger partial charge in [0.2, 0.25) is 5.28 Å². The first-order valence-corrected chi connectivity index (χ1v) is 13.6. The summed E-state index contributed by atoms with van der Waals surface area (Å²) in [5, 5.41) is 0.399. The first kappa shape index (κ1) is 24.7. The number of thiophene rings is 1. The van der Waals surface area contributed by atoms with Crippen molar-refractivity contribution >= 4 is 39.1 Å². The topological polar surface area (TPSA) is 99.5 Å². The summed E-state index contributed by atoms with van der Waals surface area (Å²) in [4.78, 5) is 17.2. The molecule has 1 aliphatic heterocycles. The fourth-order valence-electron chi connectivity index (χ4n) is 3.68. The van der Waals surface area contributed by atoms with Gasteiger partial charge in [-0.3, -0.25) is 0 Å². The van der Waals surface area contributed by atoms with Crippen LogP contribution in [-0.2, 0) is 32.5 Å². The maximum Gasteiger partial charge on any atom is 0.421 e. The lowest BCUT2D eigenvalue weighted by Gasteiger charge is -2.12. The zero-order chi connectivity index (χ0) is 24.3. The summed E-state index contributed by atoms with van der Waals surface area (Å²) in [7, 11) is -4.13. The lowest BCUT2D eigenvalue weighted by Crippen LogP contribution is -2.34. The quantitative estimate of drug-likeness (QED) is 0.459. The van der Waals surface area contributed by atoms with Crippen LogP contribution in [0.25, 0.3) is 11.1 Å². The van der Waals surface area contributed by atoms with Crippen molar-refractivity contribution in [2.45, 2.75) is 43.5 Å². The lowest BCUT2D eigenvalue weighted by molar-refractivity contribution is 0.0872. The number of amides is 1. The first-order valence-electron chi connectivity index (χ1n) is 10.9. The molecule has 2 aromatic heterocycles. The van der Waals surface area contributed by atoms with Gasteiger partial charge in [0.25, 0.3) is 10.0 Å². The summed E-state index contributed by atoms with van der Waals surface area (Å²) in [6.45, 7) is 5.45. The number of carbonyl (C=O) groups is 1. The third-order valence-corrected chi connectivity index (χ3v) is 8.58. The summed E-state index contributed by atoms with van der Waals surface area (Å²) in [5.74, 6) is 0.352. The van der Waals surface area contributed by atoms with E-state index in [9.17, 15) is 13.2 Å². The molecule has 0 aliphatic carbocycles. The minimum absolute atomic E-state index is 0.0909. The summed E-state index contributed by atoms with van der Waals surface area (Å²) < 4.78 is 40.7. The molecule has 1 aliphatic rings. The third kappa shape index (κ3) is 5.99. The number of benzene rings is 1. The van der Waals surface area contributed by atoms with E-state index >= 15 is 0 Å². The van der Waals surface area contributed by atoms with E-state index in [0.717, 1.165) is 22.4 Å². The number of carbonyl (C=O) groups excluding carboxylic acids is 1. The minimum Gasteiger partial charge on any atom is -0.443 e. The second-order valence-electron chi connectivity index (χ2n) is 8.53. The van der Waals surface area contributed by atoms with Crippen LogP contribution in [-0.4, -0.2) is 43.4 Å². The van der Waals surface area contributed by atoms with Crippen LogP contribution in [0.15, 0.2) is 46.9 Å². The highest BCUT2D eigenvalue weighted by Crippen LogP contribution is 2.36. The Labute approximate surface area is 207 Å². The third-order valence-electron chi connectivity index (χ3n) is 5.26. The highest BCUT2D eigenvalue weighted by Gasteiger charge is 2.28. The zero-order valence-corrected chi connectivity index (χ0v) is 21.3. The van der Waals surface area contributed by atoms with Crippen LogP contribution in [0.3, 0.4) is 0 Å². The molecule has 0 spiro atoms.